The third-order valence-electron chi connectivity index (χ3n) is 5.47. The molecule has 0 aliphatic heterocycles. The Kier molecular flexibility index (Phi) is 6.50. The van der Waals surface area contributed by atoms with Gasteiger partial charge in [-0.25, -0.2) is 0 Å². The minimum absolute atomic E-state index is 0.131. The number of fused-ring (bicyclic) bond motifs is 3. The highest BCUT2D eigenvalue weighted by atomic mass is 32.2. The molecule has 174 valence electrons. The number of carbonyl (C=O) groups is 1. The minimum Gasteiger partial charge on any atom is -0.467 e. The van der Waals surface area contributed by atoms with E-state index in [4.69, 9.17) is 4.42 Å². The first-order chi connectivity index (χ1) is 16.6. The van der Waals surface area contributed by atoms with E-state index < -0.39 is 0 Å². The second-order valence-corrected chi connectivity index (χ2v) is 9.72. The largest absolute Gasteiger partial charge is 0.467 e. The van der Waals surface area contributed by atoms with Gasteiger partial charge in [0.25, 0.3) is 5.56 Å². The quantitative estimate of drug-likeness (QED) is 0.296. The molecule has 0 radical (unpaired) electrons. The van der Waals surface area contributed by atoms with Crippen LogP contribution in [0.25, 0.3) is 16.0 Å². The number of nitrogens with zero attached hydrogens (tertiary/aromatic N) is 4. The number of hydrogen-bond acceptors (Lipinski definition) is 7. The van der Waals surface area contributed by atoms with Gasteiger partial charge in [0.2, 0.25) is 11.7 Å². The van der Waals surface area contributed by atoms with Crippen LogP contribution in [0.5, 0.6) is 0 Å². The van der Waals surface area contributed by atoms with Crippen LogP contribution < -0.4 is 10.9 Å². The summed E-state index contributed by atoms with van der Waals surface area (Å²) in [6, 6.07) is 13.4. The van der Waals surface area contributed by atoms with Gasteiger partial charge in [0, 0.05) is 5.69 Å². The molecule has 34 heavy (non-hydrogen) atoms. The van der Waals surface area contributed by atoms with Crippen LogP contribution in [0.2, 0.25) is 0 Å². The lowest BCUT2D eigenvalue weighted by Gasteiger charge is -2.08. The molecule has 0 aliphatic rings. The van der Waals surface area contributed by atoms with Crippen LogP contribution in [0.4, 0.5) is 5.69 Å². The van der Waals surface area contributed by atoms with Gasteiger partial charge in [-0.3, -0.25) is 18.6 Å². The Morgan fingerprint density at radius 3 is 2.79 bits per heavy atom. The van der Waals surface area contributed by atoms with E-state index in [-0.39, 0.29) is 23.8 Å². The zero-order chi connectivity index (χ0) is 23.5. The van der Waals surface area contributed by atoms with E-state index in [1.165, 1.54) is 28.7 Å². The van der Waals surface area contributed by atoms with Crippen molar-refractivity contribution < 1.29 is 9.21 Å². The summed E-state index contributed by atoms with van der Waals surface area (Å²) in [7, 11) is 0. The van der Waals surface area contributed by atoms with Crippen LogP contribution >= 0.6 is 23.1 Å². The SMILES string of the molecule is CCCCc1ccc(NC(=O)CSc2nnc3n(Cc4ccco4)c(=O)c4sccc4n23)cc1. The Bertz CT molecular complexity index is 1480. The van der Waals surface area contributed by atoms with Gasteiger partial charge in [0.05, 0.1) is 24.1 Å². The van der Waals surface area contributed by atoms with Crippen LogP contribution in [0.3, 0.4) is 0 Å². The van der Waals surface area contributed by atoms with Crippen molar-refractivity contribution in [1.82, 2.24) is 19.2 Å². The molecule has 1 aromatic carbocycles. The van der Waals surface area contributed by atoms with Crippen molar-refractivity contribution in [2.75, 3.05) is 11.1 Å². The summed E-state index contributed by atoms with van der Waals surface area (Å²) in [6.45, 7) is 2.42. The molecular weight excluding hydrogens is 470 g/mol. The predicted octanol–water partition coefficient (Wildman–Crippen LogP) is 4.82. The summed E-state index contributed by atoms with van der Waals surface area (Å²) in [5.41, 5.74) is 2.63. The number of benzene rings is 1. The lowest BCUT2D eigenvalue weighted by Crippen LogP contribution is -2.23. The molecule has 0 atom stereocenters. The van der Waals surface area contributed by atoms with Crippen molar-refractivity contribution in [3.8, 4) is 0 Å². The van der Waals surface area contributed by atoms with E-state index in [1.807, 2.05) is 34.0 Å². The first-order valence-electron chi connectivity index (χ1n) is 11.0. The molecule has 0 bridgehead atoms. The first kappa shape index (κ1) is 22.4. The standard InChI is InChI=1S/C24H23N5O3S2/c1-2-3-5-16-7-9-17(10-8-16)25-20(30)15-34-24-27-26-23-28(14-18-6-4-12-32-18)22(31)21-19(29(23)24)11-13-33-21/h4,6-13H,2-3,5,14-15H2,1H3,(H,25,30). The number of anilines is 1. The summed E-state index contributed by atoms with van der Waals surface area (Å²) in [5.74, 6) is 1.10. The summed E-state index contributed by atoms with van der Waals surface area (Å²) < 4.78 is 9.42. The molecule has 0 saturated heterocycles. The zero-order valence-electron chi connectivity index (χ0n) is 18.6. The molecular formula is C24H23N5O3S2. The highest BCUT2D eigenvalue weighted by Gasteiger charge is 2.19. The van der Waals surface area contributed by atoms with Crippen LogP contribution in [-0.2, 0) is 17.8 Å². The number of thiophene rings is 1. The molecule has 5 rings (SSSR count). The number of aromatic nitrogens is 4. The molecule has 4 heterocycles. The van der Waals surface area contributed by atoms with E-state index in [0.717, 1.165) is 30.5 Å². The number of furan rings is 1. The topological polar surface area (TPSA) is 94.4 Å². The second kappa shape index (κ2) is 9.86. The minimum atomic E-state index is -0.141. The molecule has 0 aliphatic carbocycles. The molecule has 0 fully saturated rings. The van der Waals surface area contributed by atoms with Crippen molar-refractivity contribution in [3.63, 3.8) is 0 Å². The molecule has 1 amide bonds. The normalized spacial score (nSPS) is 11.4. The number of carbonyl (C=O) groups excluding carboxylic acids is 1. The number of aryl methyl sites for hydroxylation is 1. The van der Waals surface area contributed by atoms with Gasteiger partial charge >= 0.3 is 0 Å². The molecule has 10 heteroatoms. The van der Waals surface area contributed by atoms with Gasteiger partial charge in [-0.15, -0.1) is 21.5 Å². The van der Waals surface area contributed by atoms with Gasteiger partial charge in [0.1, 0.15) is 10.5 Å². The second-order valence-electron chi connectivity index (χ2n) is 7.86. The molecule has 0 saturated carbocycles. The summed E-state index contributed by atoms with van der Waals surface area (Å²) in [4.78, 5) is 25.7. The van der Waals surface area contributed by atoms with E-state index in [2.05, 4.69) is 34.6 Å². The fourth-order valence-corrected chi connectivity index (χ4v) is 5.32. The smallest absolute Gasteiger partial charge is 0.273 e. The van der Waals surface area contributed by atoms with Crippen molar-refractivity contribution in [2.45, 2.75) is 37.9 Å². The number of thioether (sulfide) groups is 1. The molecule has 0 spiro atoms. The summed E-state index contributed by atoms with van der Waals surface area (Å²) >= 11 is 2.65. The third kappa shape index (κ3) is 4.51. The Morgan fingerprint density at radius 1 is 1.18 bits per heavy atom. The van der Waals surface area contributed by atoms with E-state index >= 15 is 0 Å². The number of hydrogen-bond donors (Lipinski definition) is 1. The monoisotopic (exact) mass is 493 g/mol. The van der Waals surface area contributed by atoms with Crippen molar-refractivity contribution in [3.05, 3.63) is 75.8 Å². The zero-order valence-corrected chi connectivity index (χ0v) is 20.2. The van der Waals surface area contributed by atoms with Gasteiger partial charge in [-0.2, -0.15) is 0 Å². The van der Waals surface area contributed by atoms with Crippen LogP contribution in [-0.4, -0.2) is 30.8 Å². The molecule has 8 nitrogen and oxygen atoms in total. The number of amides is 1. The Balaban J connectivity index is 1.36. The number of nitrogens with one attached hydrogen (secondary N) is 1. The molecule has 1 N–H and O–H groups in total. The van der Waals surface area contributed by atoms with Gasteiger partial charge in [-0.05, 0) is 54.1 Å². The highest BCUT2D eigenvalue weighted by Crippen LogP contribution is 2.25. The maximum absolute atomic E-state index is 13.1. The van der Waals surface area contributed by atoms with Crippen molar-refractivity contribution in [2.24, 2.45) is 0 Å². The predicted molar refractivity (Wildman–Crippen MR) is 135 cm³/mol. The lowest BCUT2D eigenvalue weighted by atomic mass is 10.1. The maximum Gasteiger partial charge on any atom is 0.273 e. The lowest BCUT2D eigenvalue weighted by molar-refractivity contribution is -0.113. The van der Waals surface area contributed by atoms with Crippen LogP contribution in [0.15, 0.2) is 68.5 Å². The Labute approximate surface area is 203 Å². The molecule has 0 unspecified atom stereocenters. The summed E-state index contributed by atoms with van der Waals surface area (Å²) in [5, 5.41) is 13.9. The number of rotatable bonds is 9. The van der Waals surface area contributed by atoms with E-state index in [1.54, 1.807) is 16.9 Å². The average molecular weight is 494 g/mol. The Morgan fingerprint density at radius 2 is 2.03 bits per heavy atom. The van der Waals surface area contributed by atoms with Crippen LogP contribution in [0, 0.1) is 0 Å². The fourth-order valence-electron chi connectivity index (χ4n) is 3.76. The molecule has 4 aromatic heterocycles. The first-order valence-corrected chi connectivity index (χ1v) is 12.9. The fraction of sp³-hybridized carbons (Fsp3) is 0.250. The summed E-state index contributed by atoms with van der Waals surface area (Å²) in [6.07, 6.45) is 4.93. The average Bonchev–Trinajstić information content (AvgIpc) is 3.60. The van der Waals surface area contributed by atoms with E-state index in [0.29, 0.717) is 21.4 Å². The maximum atomic E-state index is 13.1. The number of unbranched alkanes of at least 4 members (excludes halogenated alkanes) is 1. The van der Waals surface area contributed by atoms with Gasteiger partial charge < -0.3 is 9.73 Å². The Hall–Kier alpha value is -3.37. The van der Waals surface area contributed by atoms with Crippen molar-refractivity contribution in [1.29, 1.82) is 0 Å². The van der Waals surface area contributed by atoms with Gasteiger partial charge in [-0.1, -0.05) is 37.2 Å². The van der Waals surface area contributed by atoms with Gasteiger partial charge in [0.15, 0.2) is 5.16 Å². The van der Waals surface area contributed by atoms with Crippen LogP contribution in [0.1, 0.15) is 31.1 Å². The third-order valence-corrected chi connectivity index (χ3v) is 7.29. The van der Waals surface area contributed by atoms with E-state index in [9.17, 15) is 9.59 Å². The molecule has 5 aromatic rings. The van der Waals surface area contributed by atoms with Crippen molar-refractivity contribution >= 4 is 50.7 Å². The highest BCUT2D eigenvalue weighted by molar-refractivity contribution is 7.99.